The number of nitrogens with one attached hydrogen (secondary N) is 1. The summed E-state index contributed by atoms with van der Waals surface area (Å²) in [6.07, 6.45) is 3.82. The summed E-state index contributed by atoms with van der Waals surface area (Å²) in [6, 6.07) is 8.03. The Hall–Kier alpha value is -2.90. The average Bonchev–Trinajstić information content (AvgIpc) is 3.29. The van der Waals surface area contributed by atoms with Gasteiger partial charge in [-0.05, 0) is 50.8 Å². The van der Waals surface area contributed by atoms with Gasteiger partial charge in [0, 0.05) is 44.0 Å². The van der Waals surface area contributed by atoms with Crippen molar-refractivity contribution in [3.05, 3.63) is 47.7 Å². The number of nitrogens with zero attached hydrogens (tertiary/aromatic N) is 6. The molecular formula is C21H29N7O. The second-order valence-electron chi connectivity index (χ2n) is 8.15. The predicted molar refractivity (Wildman–Crippen MR) is 111 cm³/mol. The fraction of sp³-hybridized carbons (Fsp3) is 0.524. The van der Waals surface area contributed by atoms with Crippen LogP contribution in [-0.4, -0.2) is 54.9 Å². The first-order chi connectivity index (χ1) is 14.0. The van der Waals surface area contributed by atoms with E-state index in [0.29, 0.717) is 18.4 Å². The number of urea groups is 1. The van der Waals surface area contributed by atoms with Crippen LogP contribution >= 0.6 is 0 Å². The minimum Gasteiger partial charge on any atom is -0.338 e. The maximum absolute atomic E-state index is 12.6. The smallest absolute Gasteiger partial charge is 0.317 e. The van der Waals surface area contributed by atoms with Crippen molar-refractivity contribution < 1.29 is 4.79 Å². The van der Waals surface area contributed by atoms with Gasteiger partial charge in [-0.1, -0.05) is 13.0 Å². The zero-order valence-electron chi connectivity index (χ0n) is 17.4. The summed E-state index contributed by atoms with van der Waals surface area (Å²) in [6.45, 7) is 9.14. The fourth-order valence-corrected chi connectivity index (χ4v) is 4.07. The summed E-state index contributed by atoms with van der Waals surface area (Å²) in [4.78, 5) is 14.5. The van der Waals surface area contributed by atoms with E-state index in [4.69, 9.17) is 0 Å². The lowest BCUT2D eigenvalue weighted by Gasteiger charge is -2.31. The number of aromatic nitrogens is 5. The number of rotatable bonds is 5. The van der Waals surface area contributed by atoms with Gasteiger partial charge in [-0.3, -0.25) is 9.08 Å². The van der Waals surface area contributed by atoms with E-state index in [0.717, 1.165) is 55.3 Å². The molecule has 0 spiro atoms. The molecule has 1 aliphatic heterocycles. The number of carbonyl (C=O) groups is 1. The molecule has 4 heterocycles. The van der Waals surface area contributed by atoms with Crippen LogP contribution in [0, 0.1) is 19.8 Å². The molecule has 8 heteroatoms. The van der Waals surface area contributed by atoms with Crippen LogP contribution in [0.2, 0.25) is 0 Å². The molecule has 0 radical (unpaired) electrons. The van der Waals surface area contributed by atoms with E-state index in [1.807, 2.05) is 40.9 Å². The number of pyridine rings is 1. The van der Waals surface area contributed by atoms with Gasteiger partial charge in [-0.25, -0.2) is 4.79 Å². The SMILES string of the molecule is Cc1cc(C)n(CC(C)CNC(=O)N2CCC(c3nnc4ccccn34)CC2)n1. The van der Waals surface area contributed by atoms with Crippen LogP contribution in [0.5, 0.6) is 0 Å². The van der Waals surface area contributed by atoms with Crippen molar-refractivity contribution in [3.63, 3.8) is 0 Å². The lowest BCUT2D eigenvalue weighted by atomic mass is 9.96. The predicted octanol–water partition coefficient (Wildman–Crippen LogP) is 2.77. The van der Waals surface area contributed by atoms with Crippen molar-refractivity contribution >= 4 is 11.7 Å². The van der Waals surface area contributed by atoms with E-state index in [9.17, 15) is 4.79 Å². The van der Waals surface area contributed by atoms with Crippen LogP contribution in [0.1, 0.15) is 42.9 Å². The quantitative estimate of drug-likeness (QED) is 0.720. The maximum Gasteiger partial charge on any atom is 0.317 e. The second-order valence-corrected chi connectivity index (χ2v) is 8.15. The summed E-state index contributed by atoms with van der Waals surface area (Å²) in [5.74, 6) is 1.65. The number of aryl methyl sites for hydroxylation is 2. The molecule has 0 bridgehead atoms. The van der Waals surface area contributed by atoms with Gasteiger partial charge in [-0.2, -0.15) is 5.10 Å². The number of carbonyl (C=O) groups excluding carboxylic acids is 1. The summed E-state index contributed by atoms with van der Waals surface area (Å²) in [7, 11) is 0. The molecule has 154 valence electrons. The van der Waals surface area contributed by atoms with Crippen molar-refractivity contribution in [2.45, 2.75) is 46.1 Å². The van der Waals surface area contributed by atoms with E-state index < -0.39 is 0 Å². The molecule has 2 amide bonds. The van der Waals surface area contributed by atoms with Gasteiger partial charge in [0.05, 0.1) is 5.69 Å². The molecule has 0 aromatic carbocycles. The van der Waals surface area contributed by atoms with E-state index in [1.165, 1.54) is 0 Å². The summed E-state index contributed by atoms with van der Waals surface area (Å²) in [5.41, 5.74) is 3.06. The highest BCUT2D eigenvalue weighted by Gasteiger charge is 2.27. The van der Waals surface area contributed by atoms with Gasteiger partial charge in [0.1, 0.15) is 5.82 Å². The molecule has 1 unspecified atom stereocenters. The molecule has 4 rings (SSSR count). The largest absolute Gasteiger partial charge is 0.338 e. The number of fused-ring (bicyclic) bond motifs is 1. The van der Waals surface area contributed by atoms with Gasteiger partial charge in [0.15, 0.2) is 5.65 Å². The monoisotopic (exact) mass is 395 g/mol. The molecular weight excluding hydrogens is 366 g/mol. The third-order valence-electron chi connectivity index (χ3n) is 5.68. The van der Waals surface area contributed by atoms with E-state index in [2.05, 4.69) is 44.9 Å². The van der Waals surface area contributed by atoms with Gasteiger partial charge in [0.2, 0.25) is 0 Å². The standard InChI is InChI=1S/C21H29N7O/c1-15(14-28-17(3)12-16(2)25-28)13-22-21(29)26-10-7-18(8-11-26)20-24-23-19-6-4-5-9-27(19)20/h4-6,9,12,15,18H,7-8,10-11,13-14H2,1-3H3,(H,22,29). The molecule has 1 N–H and O–H groups in total. The van der Waals surface area contributed by atoms with Crippen LogP contribution in [0.15, 0.2) is 30.5 Å². The van der Waals surface area contributed by atoms with Crippen molar-refractivity contribution in [1.82, 2.24) is 34.6 Å². The Balaban J connectivity index is 1.26. The van der Waals surface area contributed by atoms with Crippen molar-refractivity contribution in [2.75, 3.05) is 19.6 Å². The molecule has 3 aromatic heterocycles. The van der Waals surface area contributed by atoms with Crippen LogP contribution in [0.4, 0.5) is 4.79 Å². The van der Waals surface area contributed by atoms with Crippen LogP contribution in [0.3, 0.4) is 0 Å². The van der Waals surface area contributed by atoms with Crippen LogP contribution < -0.4 is 5.32 Å². The minimum atomic E-state index is 0.0229. The Morgan fingerprint density at radius 2 is 2.03 bits per heavy atom. The van der Waals surface area contributed by atoms with Crippen molar-refractivity contribution in [2.24, 2.45) is 5.92 Å². The molecule has 3 aromatic rings. The third-order valence-corrected chi connectivity index (χ3v) is 5.68. The highest BCUT2D eigenvalue weighted by atomic mass is 16.2. The zero-order valence-corrected chi connectivity index (χ0v) is 17.4. The Kier molecular flexibility index (Phi) is 5.51. The Bertz CT molecular complexity index is 984. The van der Waals surface area contributed by atoms with Crippen LogP contribution in [0.25, 0.3) is 5.65 Å². The first-order valence-corrected chi connectivity index (χ1v) is 10.3. The molecule has 1 fully saturated rings. The lowest BCUT2D eigenvalue weighted by Crippen LogP contribution is -2.45. The Labute approximate surface area is 170 Å². The molecule has 1 atom stereocenters. The van der Waals surface area contributed by atoms with E-state index in [1.54, 1.807) is 0 Å². The number of hydrogen-bond donors (Lipinski definition) is 1. The fourth-order valence-electron chi connectivity index (χ4n) is 4.07. The number of amides is 2. The zero-order chi connectivity index (χ0) is 20.4. The molecule has 0 aliphatic carbocycles. The second kappa shape index (κ2) is 8.23. The molecule has 1 aliphatic rings. The highest BCUT2D eigenvalue weighted by Crippen LogP contribution is 2.27. The summed E-state index contributed by atoms with van der Waals surface area (Å²) < 4.78 is 4.07. The first kappa shape index (κ1) is 19.4. The van der Waals surface area contributed by atoms with Crippen molar-refractivity contribution in [1.29, 1.82) is 0 Å². The first-order valence-electron chi connectivity index (χ1n) is 10.3. The van der Waals surface area contributed by atoms with Gasteiger partial charge in [0.25, 0.3) is 0 Å². The third kappa shape index (κ3) is 4.26. The number of hydrogen-bond acceptors (Lipinski definition) is 4. The van der Waals surface area contributed by atoms with Crippen molar-refractivity contribution in [3.8, 4) is 0 Å². The highest BCUT2D eigenvalue weighted by molar-refractivity contribution is 5.74. The topological polar surface area (TPSA) is 80.4 Å². The number of likely N-dealkylation sites (tertiary alicyclic amines) is 1. The van der Waals surface area contributed by atoms with Gasteiger partial charge >= 0.3 is 6.03 Å². The van der Waals surface area contributed by atoms with E-state index >= 15 is 0 Å². The molecule has 0 saturated carbocycles. The lowest BCUT2D eigenvalue weighted by molar-refractivity contribution is 0.178. The maximum atomic E-state index is 12.6. The van der Waals surface area contributed by atoms with Gasteiger partial charge < -0.3 is 10.2 Å². The normalized spacial score (nSPS) is 16.3. The minimum absolute atomic E-state index is 0.0229. The Morgan fingerprint density at radius 3 is 2.76 bits per heavy atom. The number of piperidine rings is 1. The van der Waals surface area contributed by atoms with Gasteiger partial charge in [-0.15, -0.1) is 10.2 Å². The van der Waals surface area contributed by atoms with Crippen LogP contribution in [-0.2, 0) is 6.54 Å². The Morgan fingerprint density at radius 1 is 1.24 bits per heavy atom. The summed E-state index contributed by atoms with van der Waals surface area (Å²) in [5, 5.41) is 16.2. The molecule has 8 nitrogen and oxygen atoms in total. The van der Waals surface area contributed by atoms with E-state index in [-0.39, 0.29) is 6.03 Å². The summed E-state index contributed by atoms with van der Waals surface area (Å²) >= 11 is 0. The molecule has 1 saturated heterocycles. The molecule has 29 heavy (non-hydrogen) atoms. The average molecular weight is 396 g/mol.